The van der Waals surface area contributed by atoms with E-state index < -0.39 is 29.2 Å². The maximum absolute atomic E-state index is 14.2. The molecule has 1 fully saturated rings. The molecule has 2 amide bonds. The molecule has 0 aliphatic heterocycles. The van der Waals surface area contributed by atoms with E-state index in [2.05, 4.69) is 20.7 Å². The van der Waals surface area contributed by atoms with Gasteiger partial charge in [0.2, 0.25) is 0 Å². The third-order valence-corrected chi connectivity index (χ3v) is 6.54. The SMILES string of the molecule is Cn1ncc(NC(=O)c2nc(-c3c(F)cccc3F)sc2NC(=O)O)c1C1CCC(O)CC1. The number of aliphatic hydroxyl groups is 1. The number of carboxylic acid groups (broad SMARTS) is 1. The Kier molecular flexibility index (Phi) is 6.38. The van der Waals surface area contributed by atoms with Gasteiger partial charge in [0.1, 0.15) is 21.6 Å². The quantitative estimate of drug-likeness (QED) is 0.436. The summed E-state index contributed by atoms with van der Waals surface area (Å²) < 4.78 is 30.1. The third kappa shape index (κ3) is 4.71. The minimum absolute atomic E-state index is 0.0753. The lowest BCUT2D eigenvalue weighted by atomic mass is 9.85. The van der Waals surface area contributed by atoms with Crippen molar-refractivity contribution in [2.24, 2.45) is 7.05 Å². The lowest BCUT2D eigenvalue weighted by Crippen LogP contribution is -2.21. The lowest BCUT2D eigenvalue weighted by Gasteiger charge is -2.26. The molecule has 174 valence electrons. The molecular weight excluding hydrogens is 456 g/mol. The van der Waals surface area contributed by atoms with Crippen molar-refractivity contribution in [2.75, 3.05) is 10.6 Å². The molecule has 3 aromatic rings. The Morgan fingerprint density at radius 3 is 2.45 bits per heavy atom. The predicted molar refractivity (Wildman–Crippen MR) is 117 cm³/mol. The summed E-state index contributed by atoms with van der Waals surface area (Å²) in [5, 5.41) is 27.6. The van der Waals surface area contributed by atoms with Crippen molar-refractivity contribution in [2.45, 2.75) is 37.7 Å². The van der Waals surface area contributed by atoms with Crippen molar-refractivity contribution in [1.82, 2.24) is 14.8 Å². The van der Waals surface area contributed by atoms with E-state index in [9.17, 15) is 23.5 Å². The van der Waals surface area contributed by atoms with Crippen molar-refractivity contribution < 1.29 is 28.6 Å². The van der Waals surface area contributed by atoms with E-state index in [1.165, 1.54) is 12.3 Å². The molecule has 0 spiro atoms. The van der Waals surface area contributed by atoms with Crippen molar-refractivity contribution in [3.05, 3.63) is 47.4 Å². The summed E-state index contributed by atoms with van der Waals surface area (Å²) >= 11 is 0.653. The van der Waals surface area contributed by atoms with Crippen LogP contribution in [0.25, 0.3) is 10.6 Å². The molecule has 1 aromatic carbocycles. The predicted octanol–water partition coefficient (Wildman–Crippen LogP) is 4.18. The molecule has 0 saturated heterocycles. The van der Waals surface area contributed by atoms with Gasteiger partial charge >= 0.3 is 6.09 Å². The Morgan fingerprint density at radius 2 is 1.82 bits per heavy atom. The van der Waals surface area contributed by atoms with Crippen molar-refractivity contribution in [1.29, 1.82) is 0 Å². The van der Waals surface area contributed by atoms with Gasteiger partial charge in [-0.3, -0.25) is 14.8 Å². The smallest absolute Gasteiger partial charge is 0.409 e. The summed E-state index contributed by atoms with van der Waals surface area (Å²) in [5.41, 5.74) is 0.446. The Morgan fingerprint density at radius 1 is 1.15 bits per heavy atom. The largest absolute Gasteiger partial charge is 0.465 e. The van der Waals surface area contributed by atoms with Crippen LogP contribution >= 0.6 is 11.3 Å². The number of nitrogens with zero attached hydrogens (tertiary/aromatic N) is 3. The average Bonchev–Trinajstić information content (AvgIpc) is 3.32. The summed E-state index contributed by atoms with van der Waals surface area (Å²) in [5.74, 6) is -2.44. The van der Waals surface area contributed by atoms with E-state index in [0.29, 0.717) is 29.9 Å². The molecule has 0 bridgehead atoms. The van der Waals surface area contributed by atoms with E-state index in [1.807, 2.05) is 0 Å². The molecule has 12 heteroatoms. The number of nitrogens with one attached hydrogen (secondary N) is 2. The fraction of sp³-hybridized carbons (Fsp3) is 0.333. The van der Waals surface area contributed by atoms with E-state index in [-0.39, 0.29) is 27.7 Å². The van der Waals surface area contributed by atoms with Crippen molar-refractivity contribution >= 4 is 34.0 Å². The minimum Gasteiger partial charge on any atom is -0.465 e. The summed E-state index contributed by atoms with van der Waals surface area (Å²) in [6, 6.07) is 3.29. The molecule has 4 N–H and O–H groups in total. The molecule has 1 saturated carbocycles. The van der Waals surface area contributed by atoms with Gasteiger partial charge in [-0.1, -0.05) is 17.4 Å². The van der Waals surface area contributed by atoms with Crippen LogP contribution in [0.3, 0.4) is 0 Å². The van der Waals surface area contributed by atoms with Crippen molar-refractivity contribution in [3.63, 3.8) is 0 Å². The van der Waals surface area contributed by atoms with Crippen LogP contribution < -0.4 is 10.6 Å². The molecule has 2 aromatic heterocycles. The molecule has 2 heterocycles. The number of carbonyl (C=O) groups is 2. The zero-order chi connectivity index (χ0) is 23.7. The second-order valence-corrected chi connectivity index (χ2v) is 8.75. The lowest BCUT2D eigenvalue weighted by molar-refractivity contribution is 0.102. The summed E-state index contributed by atoms with van der Waals surface area (Å²) in [4.78, 5) is 28.3. The monoisotopic (exact) mass is 477 g/mol. The molecule has 1 aliphatic rings. The highest BCUT2D eigenvalue weighted by Crippen LogP contribution is 2.38. The Hall–Kier alpha value is -3.38. The molecule has 4 rings (SSSR count). The first-order chi connectivity index (χ1) is 15.7. The van der Waals surface area contributed by atoms with E-state index >= 15 is 0 Å². The van der Waals surface area contributed by atoms with Gasteiger partial charge in [0.05, 0.1) is 29.2 Å². The van der Waals surface area contributed by atoms with Crippen LogP contribution in [0.1, 0.15) is 47.8 Å². The van der Waals surface area contributed by atoms with Gasteiger partial charge in [0.15, 0.2) is 5.69 Å². The number of anilines is 2. The van der Waals surface area contributed by atoms with Crippen molar-refractivity contribution in [3.8, 4) is 10.6 Å². The number of aryl methyl sites for hydroxylation is 1. The van der Waals surface area contributed by atoms with Crippen LogP contribution in [0.4, 0.5) is 24.3 Å². The van der Waals surface area contributed by atoms with Gasteiger partial charge in [-0.25, -0.2) is 18.6 Å². The van der Waals surface area contributed by atoms with E-state index in [0.717, 1.165) is 30.7 Å². The van der Waals surface area contributed by atoms with Gasteiger partial charge in [0.25, 0.3) is 5.91 Å². The summed E-state index contributed by atoms with van der Waals surface area (Å²) in [6.07, 6.45) is 2.41. The number of rotatable bonds is 5. The normalized spacial score (nSPS) is 18.2. The fourth-order valence-electron chi connectivity index (χ4n) is 4.02. The zero-order valence-electron chi connectivity index (χ0n) is 17.5. The zero-order valence-corrected chi connectivity index (χ0v) is 18.3. The van der Waals surface area contributed by atoms with Crippen LogP contribution in [0.5, 0.6) is 0 Å². The first-order valence-corrected chi connectivity index (χ1v) is 11.0. The van der Waals surface area contributed by atoms with Crippen LogP contribution in [0, 0.1) is 11.6 Å². The molecule has 0 atom stereocenters. The van der Waals surface area contributed by atoms with E-state index in [1.54, 1.807) is 11.7 Å². The average molecular weight is 477 g/mol. The molecule has 33 heavy (non-hydrogen) atoms. The number of benzene rings is 1. The Balaban J connectivity index is 1.66. The number of amides is 2. The van der Waals surface area contributed by atoms with Gasteiger partial charge in [-0.05, 0) is 37.8 Å². The second-order valence-electron chi connectivity index (χ2n) is 7.75. The second kappa shape index (κ2) is 9.24. The number of halogens is 2. The number of hydrogen-bond donors (Lipinski definition) is 4. The van der Waals surface area contributed by atoms with Gasteiger partial charge in [0, 0.05) is 13.0 Å². The molecule has 1 aliphatic carbocycles. The highest BCUT2D eigenvalue weighted by Gasteiger charge is 2.28. The van der Waals surface area contributed by atoms with Gasteiger partial charge in [-0.15, -0.1) is 0 Å². The molecule has 0 radical (unpaired) electrons. The van der Waals surface area contributed by atoms with E-state index in [4.69, 9.17) is 5.11 Å². The molecule has 0 unspecified atom stereocenters. The number of aromatic nitrogens is 3. The minimum atomic E-state index is -1.45. The van der Waals surface area contributed by atoms with Crippen LogP contribution in [-0.2, 0) is 7.05 Å². The van der Waals surface area contributed by atoms with Crippen LogP contribution in [0.15, 0.2) is 24.4 Å². The molecular formula is C21H21F2N5O4S. The van der Waals surface area contributed by atoms with Gasteiger partial charge < -0.3 is 15.5 Å². The number of aliphatic hydroxyl groups excluding tert-OH is 1. The van der Waals surface area contributed by atoms with Gasteiger partial charge in [-0.2, -0.15) is 5.10 Å². The topological polar surface area (TPSA) is 129 Å². The standard InChI is InChI=1S/C21H21F2N5O4S/c1-28-17(10-5-7-11(29)8-6-10)14(9-24-28)25-18(30)16-20(27-21(31)32)33-19(26-16)15-12(22)3-2-4-13(15)23/h2-4,9-11,27,29H,5-8H2,1H3,(H,25,30)(H,31,32). The van der Waals surface area contributed by atoms with Crippen LogP contribution in [-0.4, -0.2) is 43.1 Å². The van der Waals surface area contributed by atoms with Crippen LogP contribution in [0.2, 0.25) is 0 Å². The Labute approximate surface area is 191 Å². The first kappa shape index (κ1) is 22.8. The number of thiazole rings is 1. The number of carbonyl (C=O) groups excluding carboxylic acids is 1. The maximum Gasteiger partial charge on any atom is 0.409 e. The fourth-order valence-corrected chi connectivity index (χ4v) is 5.02. The maximum atomic E-state index is 14.2. The summed E-state index contributed by atoms with van der Waals surface area (Å²) in [7, 11) is 1.75. The highest BCUT2D eigenvalue weighted by atomic mass is 32.1. The first-order valence-electron chi connectivity index (χ1n) is 10.2. The molecule has 9 nitrogen and oxygen atoms in total. The highest BCUT2D eigenvalue weighted by molar-refractivity contribution is 7.19. The Bertz CT molecular complexity index is 1180. The summed E-state index contributed by atoms with van der Waals surface area (Å²) in [6.45, 7) is 0. The third-order valence-electron chi connectivity index (χ3n) is 5.56. The number of hydrogen-bond acceptors (Lipinski definition) is 6.